The maximum atomic E-state index is 12.5. The zero-order valence-corrected chi connectivity index (χ0v) is 15.2. The highest BCUT2D eigenvalue weighted by molar-refractivity contribution is 5.76. The molecule has 3 heterocycles. The van der Waals surface area contributed by atoms with Gasteiger partial charge in [-0.1, -0.05) is 19.0 Å². The third-order valence-electron chi connectivity index (χ3n) is 4.57. The molecule has 25 heavy (non-hydrogen) atoms. The second-order valence-corrected chi connectivity index (χ2v) is 7.18. The van der Waals surface area contributed by atoms with Gasteiger partial charge in [0.1, 0.15) is 12.2 Å². The van der Waals surface area contributed by atoms with Gasteiger partial charge in [0.05, 0.1) is 5.92 Å². The normalized spacial score (nSPS) is 18.1. The van der Waals surface area contributed by atoms with Gasteiger partial charge >= 0.3 is 0 Å². The molecule has 3 rings (SSSR count). The second-order valence-electron chi connectivity index (χ2n) is 7.18. The van der Waals surface area contributed by atoms with Gasteiger partial charge in [-0.25, -0.2) is 0 Å². The molecule has 2 aromatic rings. The number of hydrogen-bond acceptors (Lipinski definition) is 6. The molecule has 0 saturated carbocycles. The lowest BCUT2D eigenvalue weighted by molar-refractivity contribution is -0.132. The molecule has 8 nitrogen and oxygen atoms in total. The standard InChI is InChI=1S/C17H26N6O2/c1-12(2)9-14-19-17(25-21-14)13-5-4-8-23(10-13)16(24)7-6-15-20-18-11-22(15)3/h11-13H,4-10H2,1-3H3/t13-/m0/s1. The Morgan fingerprint density at radius 3 is 3.00 bits per heavy atom. The number of carbonyl (C=O) groups is 1. The fraction of sp³-hybridized carbons (Fsp3) is 0.706. The van der Waals surface area contributed by atoms with Crippen molar-refractivity contribution < 1.29 is 9.32 Å². The highest BCUT2D eigenvalue weighted by atomic mass is 16.5. The molecular weight excluding hydrogens is 320 g/mol. The molecule has 1 amide bonds. The van der Waals surface area contributed by atoms with E-state index in [9.17, 15) is 4.79 Å². The van der Waals surface area contributed by atoms with E-state index in [0.29, 0.717) is 31.2 Å². The van der Waals surface area contributed by atoms with Gasteiger partial charge in [-0.15, -0.1) is 10.2 Å². The third kappa shape index (κ3) is 4.43. The number of aryl methyl sites for hydroxylation is 2. The van der Waals surface area contributed by atoms with E-state index in [1.54, 1.807) is 6.33 Å². The number of carbonyl (C=O) groups excluding carboxylic acids is 1. The van der Waals surface area contributed by atoms with Gasteiger partial charge < -0.3 is 14.0 Å². The Labute approximate surface area is 147 Å². The summed E-state index contributed by atoms with van der Waals surface area (Å²) in [7, 11) is 1.89. The number of aromatic nitrogens is 5. The molecule has 0 radical (unpaired) electrons. The van der Waals surface area contributed by atoms with Crippen LogP contribution < -0.4 is 0 Å². The van der Waals surface area contributed by atoms with Crippen LogP contribution in [0.5, 0.6) is 0 Å². The first-order valence-electron chi connectivity index (χ1n) is 8.96. The molecule has 0 aromatic carbocycles. The Hall–Kier alpha value is -2.25. The van der Waals surface area contributed by atoms with Gasteiger partial charge in [0.15, 0.2) is 5.82 Å². The first-order valence-corrected chi connectivity index (χ1v) is 8.96. The minimum atomic E-state index is 0.140. The number of hydrogen-bond donors (Lipinski definition) is 0. The average molecular weight is 346 g/mol. The molecule has 0 N–H and O–H groups in total. The smallest absolute Gasteiger partial charge is 0.231 e. The maximum Gasteiger partial charge on any atom is 0.231 e. The van der Waals surface area contributed by atoms with Gasteiger partial charge in [-0.05, 0) is 18.8 Å². The van der Waals surface area contributed by atoms with E-state index in [-0.39, 0.29) is 11.8 Å². The number of amides is 1. The van der Waals surface area contributed by atoms with E-state index in [1.165, 1.54) is 0 Å². The second kappa shape index (κ2) is 7.76. The van der Waals surface area contributed by atoms with E-state index in [2.05, 4.69) is 34.2 Å². The van der Waals surface area contributed by atoms with Crippen molar-refractivity contribution in [2.45, 2.75) is 51.9 Å². The molecule has 0 bridgehead atoms. The third-order valence-corrected chi connectivity index (χ3v) is 4.57. The Morgan fingerprint density at radius 2 is 2.28 bits per heavy atom. The Balaban J connectivity index is 1.56. The van der Waals surface area contributed by atoms with Crippen molar-refractivity contribution in [3.8, 4) is 0 Å². The first kappa shape index (κ1) is 17.6. The zero-order chi connectivity index (χ0) is 17.8. The van der Waals surface area contributed by atoms with Crippen molar-refractivity contribution in [1.82, 2.24) is 29.8 Å². The van der Waals surface area contributed by atoms with Crippen LogP contribution in [-0.4, -0.2) is 48.8 Å². The Morgan fingerprint density at radius 1 is 1.44 bits per heavy atom. The van der Waals surface area contributed by atoms with Gasteiger partial charge in [-0.3, -0.25) is 4.79 Å². The van der Waals surface area contributed by atoms with E-state index >= 15 is 0 Å². The van der Waals surface area contributed by atoms with Gasteiger partial charge in [0.25, 0.3) is 0 Å². The molecule has 0 aliphatic carbocycles. The summed E-state index contributed by atoms with van der Waals surface area (Å²) in [6.45, 7) is 5.71. The number of likely N-dealkylation sites (tertiary alicyclic amines) is 1. The van der Waals surface area contributed by atoms with Crippen LogP contribution in [0.2, 0.25) is 0 Å². The summed E-state index contributed by atoms with van der Waals surface area (Å²) < 4.78 is 7.30. The van der Waals surface area contributed by atoms with Gasteiger partial charge in [0, 0.05) is 39.4 Å². The molecule has 1 saturated heterocycles. The van der Waals surface area contributed by atoms with E-state index in [1.807, 2.05) is 16.5 Å². The number of nitrogens with zero attached hydrogens (tertiary/aromatic N) is 6. The average Bonchev–Trinajstić information content (AvgIpc) is 3.21. The van der Waals surface area contributed by atoms with Crippen LogP contribution in [0.1, 0.15) is 56.6 Å². The molecule has 2 aromatic heterocycles. The molecule has 8 heteroatoms. The molecule has 0 unspecified atom stereocenters. The van der Waals surface area contributed by atoms with Gasteiger partial charge in [0.2, 0.25) is 11.8 Å². The van der Waals surface area contributed by atoms with E-state index < -0.39 is 0 Å². The molecule has 1 aliphatic rings. The van der Waals surface area contributed by atoms with Crippen molar-refractivity contribution in [3.05, 3.63) is 23.9 Å². The molecule has 1 atom stereocenters. The zero-order valence-electron chi connectivity index (χ0n) is 15.2. The highest BCUT2D eigenvalue weighted by Crippen LogP contribution is 2.26. The molecule has 1 aliphatic heterocycles. The minimum absolute atomic E-state index is 0.140. The summed E-state index contributed by atoms with van der Waals surface area (Å²) in [4.78, 5) is 19.0. The van der Waals surface area contributed by atoms with Gasteiger partial charge in [-0.2, -0.15) is 4.98 Å². The minimum Gasteiger partial charge on any atom is -0.342 e. The van der Waals surface area contributed by atoms with Crippen molar-refractivity contribution in [2.24, 2.45) is 13.0 Å². The van der Waals surface area contributed by atoms with Crippen molar-refractivity contribution in [3.63, 3.8) is 0 Å². The van der Waals surface area contributed by atoms with Crippen LogP contribution in [0.15, 0.2) is 10.9 Å². The van der Waals surface area contributed by atoms with Crippen LogP contribution in [-0.2, 0) is 24.7 Å². The van der Waals surface area contributed by atoms with Crippen LogP contribution in [0.4, 0.5) is 0 Å². The predicted molar refractivity (Wildman–Crippen MR) is 90.7 cm³/mol. The van der Waals surface area contributed by atoms with Crippen LogP contribution >= 0.6 is 0 Å². The highest BCUT2D eigenvalue weighted by Gasteiger charge is 2.28. The van der Waals surface area contributed by atoms with E-state index in [4.69, 9.17) is 4.52 Å². The fourth-order valence-corrected chi connectivity index (χ4v) is 3.20. The molecule has 0 spiro atoms. The summed E-state index contributed by atoms with van der Waals surface area (Å²) in [6.07, 6.45) is 5.47. The summed E-state index contributed by atoms with van der Waals surface area (Å²) in [5.74, 6) is 3.04. The lowest BCUT2D eigenvalue weighted by atomic mass is 9.97. The maximum absolute atomic E-state index is 12.5. The SMILES string of the molecule is CC(C)Cc1noc([C@H]2CCCN(C(=O)CCc3nncn3C)C2)n1. The van der Waals surface area contributed by atoms with E-state index in [0.717, 1.165) is 37.5 Å². The first-order chi connectivity index (χ1) is 12.0. The van der Waals surface area contributed by atoms with Crippen molar-refractivity contribution >= 4 is 5.91 Å². The largest absolute Gasteiger partial charge is 0.342 e. The molecule has 136 valence electrons. The summed E-state index contributed by atoms with van der Waals surface area (Å²) in [6, 6.07) is 0. The summed E-state index contributed by atoms with van der Waals surface area (Å²) in [5.41, 5.74) is 0. The van der Waals surface area contributed by atoms with Crippen molar-refractivity contribution in [2.75, 3.05) is 13.1 Å². The fourth-order valence-electron chi connectivity index (χ4n) is 3.20. The molecule has 1 fully saturated rings. The topological polar surface area (TPSA) is 89.9 Å². The summed E-state index contributed by atoms with van der Waals surface area (Å²) >= 11 is 0. The Kier molecular flexibility index (Phi) is 5.45. The summed E-state index contributed by atoms with van der Waals surface area (Å²) in [5, 5.41) is 12.0. The molecular formula is C17H26N6O2. The van der Waals surface area contributed by atoms with Crippen molar-refractivity contribution in [1.29, 1.82) is 0 Å². The number of piperidine rings is 1. The van der Waals surface area contributed by atoms with Crippen LogP contribution in [0.25, 0.3) is 0 Å². The number of rotatable bonds is 6. The quantitative estimate of drug-likeness (QED) is 0.791. The van der Waals surface area contributed by atoms with Crippen LogP contribution in [0.3, 0.4) is 0 Å². The lowest BCUT2D eigenvalue weighted by Gasteiger charge is -2.31. The lowest BCUT2D eigenvalue weighted by Crippen LogP contribution is -2.39. The predicted octanol–water partition coefficient (Wildman–Crippen LogP) is 1.74. The Bertz CT molecular complexity index is 708. The monoisotopic (exact) mass is 346 g/mol. The van der Waals surface area contributed by atoms with Crippen LogP contribution in [0, 0.1) is 5.92 Å².